The molecule has 1 aromatic rings. The summed E-state index contributed by atoms with van der Waals surface area (Å²) in [5.41, 5.74) is 2.86. The molecule has 0 bridgehead atoms. The molecule has 0 aliphatic carbocycles. The number of amides is 1. The van der Waals surface area contributed by atoms with Gasteiger partial charge in [-0.2, -0.15) is 0 Å². The van der Waals surface area contributed by atoms with Gasteiger partial charge in [-0.3, -0.25) is 4.79 Å². The van der Waals surface area contributed by atoms with Crippen molar-refractivity contribution in [2.75, 3.05) is 0 Å². The minimum Gasteiger partial charge on any atom is -0.508 e. The Bertz CT molecular complexity index is 625. The molecule has 3 N–H and O–H groups in total. The Kier molecular flexibility index (Phi) is 7.75. The summed E-state index contributed by atoms with van der Waals surface area (Å²) in [6.07, 6.45) is 5.32. The number of hydrogen-bond donors (Lipinski definition) is 3. The highest BCUT2D eigenvalue weighted by atomic mass is 16.4. The highest BCUT2D eigenvalue weighted by Crippen LogP contribution is 2.12. The first-order valence-corrected chi connectivity index (χ1v) is 7.89. The van der Waals surface area contributed by atoms with Gasteiger partial charge in [0.2, 0.25) is 5.91 Å². The maximum atomic E-state index is 12.0. The number of carboxylic acids is 1. The summed E-state index contributed by atoms with van der Waals surface area (Å²) in [6.45, 7) is 5.90. The number of carbonyl (C=O) groups excluding carboxylic acids is 1. The van der Waals surface area contributed by atoms with Gasteiger partial charge < -0.3 is 15.5 Å². The van der Waals surface area contributed by atoms with Crippen molar-refractivity contribution in [1.29, 1.82) is 0 Å². The number of nitrogens with one attached hydrogen (secondary N) is 1. The first kappa shape index (κ1) is 19.5. The van der Waals surface area contributed by atoms with Gasteiger partial charge in [0.25, 0.3) is 0 Å². The molecule has 1 aromatic carbocycles. The van der Waals surface area contributed by atoms with Gasteiger partial charge in [-0.1, -0.05) is 29.4 Å². The second-order valence-corrected chi connectivity index (χ2v) is 6.08. The number of phenols is 1. The van der Waals surface area contributed by atoms with Crippen LogP contribution in [0.25, 0.3) is 0 Å². The Morgan fingerprint density at radius 2 is 1.79 bits per heavy atom. The van der Waals surface area contributed by atoms with Crippen LogP contribution in [0.1, 0.15) is 39.2 Å². The third-order valence-corrected chi connectivity index (χ3v) is 3.46. The number of aromatic hydroxyl groups is 1. The van der Waals surface area contributed by atoms with Gasteiger partial charge in [-0.05, 0) is 51.3 Å². The lowest BCUT2D eigenvalue weighted by molar-refractivity contribution is -0.141. The van der Waals surface area contributed by atoms with E-state index in [2.05, 4.69) is 11.4 Å². The first-order valence-electron chi connectivity index (χ1n) is 7.89. The van der Waals surface area contributed by atoms with Crippen molar-refractivity contribution < 1.29 is 19.8 Å². The average molecular weight is 331 g/mol. The van der Waals surface area contributed by atoms with Gasteiger partial charge in [0.15, 0.2) is 0 Å². The number of aliphatic carboxylic acids is 1. The summed E-state index contributed by atoms with van der Waals surface area (Å²) in [7, 11) is 0. The summed E-state index contributed by atoms with van der Waals surface area (Å²) in [5.74, 6) is -1.38. The molecule has 5 heteroatoms. The van der Waals surface area contributed by atoms with Crippen molar-refractivity contribution in [1.82, 2.24) is 5.32 Å². The van der Waals surface area contributed by atoms with Crippen LogP contribution in [-0.4, -0.2) is 28.1 Å². The zero-order valence-electron chi connectivity index (χ0n) is 14.4. The Morgan fingerprint density at radius 1 is 1.17 bits per heavy atom. The summed E-state index contributed by atoms with van der Waals surface area (Å²) >= 11 is 0. The van der Waals surface area contributed by atoms with Crippen LogP contribution in [-0.2, 0) is 16.0 Å². The maximum absolute atomic E-state index is 12.0. The lowest BCUT2D eigenvalue weighted by Crippen LogP contribution is -2.41. The molecule has 1 rings (SSSR count). The maximum Gasteiger partial charge on any atom is 0.326 e. The summed E-state index contributed by atoms with van der Waals surface area (Å²) in [6, 6.07) is 5.24. The fourth-order valence-corrected chi connectivity index (χ4v) is 2.17. The number of rotatable bonds is 8. The average Bonchev–Trinajstić information content (AvgIpc) is 2.48. The van der Waals surface area contributed by atoms with E-state index in [9.17, 15) is 19.8 Å². The number of allylic oxidation sites excluding steroid dienone is 3. The van der Waals surface area contributed by atoms with Crippen LogP contribution in [0.3, 0.4) is 0 Å². The van der Waals surface area contributed by atoms with Gasteiger partial charge in [-0.15, -0.1) is 0 Å². The quantitative estimate of drug-likeness (QED) is 0.504. The zero-order chi connectivity index (χ0) is 18.1. The number of carboxylic acid groups (broad SMARTS) is 1. The van der Waals surface area contributed by atoms with E-state index in [4.69, 9.17) is 0 Å². The van der Waals surface area contributed by atoms with Crippen LogP contribution in [0.2, 0.25) is 0 Å². The Hall–Kier alpha value is -2.56. The molecule has 0 aliphatic rings. The van der Waals surface area contributed by atoms with E-state index < -0.39 is 17.9 Å². The van der Waals surface area contributed by atoms with Crippen molar-refractivity contribution in [2.24, 2.45) is 0 Å². The van der Waals surface area contributed by atoms with Crippen molar-refractivity contribution >= 4 is 11.9 Å². The van der Waals surface area contributed by atoms with Gasteiger partial charge in [0, 0.05) is 12.5 Å². The number of hydrogen-bond acceptors (Lipinski definition) is 3. The zero-order valence-corrected chi connectivity index (χ0v) is 14.4. The van der Waals surface area contributed by atoms with E-state index in [1.165, 1.54) is 23.8 Å². The first-order chi connectivity index (χ1) is 11.3. The molecule has 24 heavy (non-hydrogen) atoms. The summed E-state index contributed by atoms with van der Waals surface area (Å²) < 4.78 is 0. The van der Waals surface area contributed by atoms with Crippen LogP contribution < -0.4 is 5.32 Å². The SMILES string of the molecule is CC(C)=CCCC(C)=CC(=O)NC(Cc1ccc(O)cc1)C(=O)O. The normalized spacial score (nSPS) is 12.4. The highest BCUT2D eigenvalue weighted by molar-refractivity contribution is 5.91. The monoisotopic (exact) mass is 331 g/mol. The number of carbonyl (C=O) groups is 2. The van der Waals surface area contributed by atoms with Crippen molar-refractivity contribution in [2.45, 2.75) is 46.1 Å². The smallest absolute Gasteiger partial charge is 0.326 e. The van der Waals surface area contributed by atoms with Crippen LogP contribution in [0, 0.1) is 0 Å². The predicted molar refractivity (Wildman–Crippen MR) is 93.8 cm³/mol. The molecule has 0 spiro atoms. The number of phenolic OH excluding ortho intramolecular Hbond substituents is 1. The molecule has 0 fully saturated rings. The van der Waals surface area contributed by atoms with Crippen molar-refractivity contribution in [3.8, 4) is 5.75 Å². The molecular formula is C19H25NO4. The minimum atomic E-state index is -1.09. The van der Waals surface area contributed by atoms with E-state index in [-0.39, 0.29) is 12.2 Å². The van der Waals surface area contributed by atoms with Crippen LogP contribution in [0.15, 0.2) is 47.6 Å². The van der Waals surface area contributed by atoms with Gasteiger partial charge in [0.05, 0.1) is 0 Å². The molecule has 0 aromatic heterocycles. The molecule has 0 saturated carbocycles. The van der Waals surface area contributed by atoms with E-state index >= 15 is 0 Å². The lowest BCUT2D eigenvalue weighted by atomic mass is 10.1. The molecule has 0 radical (unpaired) electrons. The Labute approximate surface area is 142 Å². The molecule has 0 heterocycles. The topological polar surface area (TPSA) is 86.6 Å². The van der Waals surface area contributed by atoms with Crippen LogP contribution in [0.4, 0.5) is 0 Å². The minimum absolute atomic E-state index is 0.115. The second kappa shape index (κ2) is 9.55. The molecule has 1 unspecified atom stereocenters. The van der Waals surface area contributed by atoms with Gasteiger partial charge in [-0.25, -0.2) is 4.79 Å². The van der Waals surface area contributed by atoms with Gasteiger partial charge >= 0.3 is 5.97 Å². The van der Waals surface area contributed by atoms with E-state index in [0.717, 1.165) is 24.0 Å². The van der Waals surface area contributed by atoms with Gasteiger partial charge in [0.1, 0.15) is 11.8 Å². The van der Waals surface area contributed by atoms with E-state index in [0.29, 0.717) is 0 Å². The molecule has 130 valence electrons. The third kappa shape index (κ3) is 7.63. The third-order valence-electron chi connectivity index (χ3n) is 3.46. The molecule has 0 saturated heterocycles. The second-order valence-electron chi connectivity index (χ2n) is 6.08. The molecule has 1 atom stereocenters. The van der Waals surface area contributed by atoms with Crippen molar-refractivity contribution in [3.05, 3.63) is 53.1 Å². The Balaban J connectivity index is 2.64. The molecule has 5 nitrogen and oxygen atoms in total. The van der Waals surface area contributed by atoms with E-state index in [1.54, 1.807) is 12.1 Å². The fraction of sp³-hybridized carbons (Fsp3) is 0.368. The van der Waals surface area contributed by atoms with Crippen molar-refractivity contribution in [3.63, 3.8) is 0 Å². The largest absolute Gasteiger partial charge is 0.508 e. The fourth-order valence-electron chi connectivity index (χ4n) is 2.17. The van der Waals surface area contributed by atoms with Crippen LogP contribution >= 0.6 is 0 Å². The standard InChI is InChI=1S/C19H25NO4/c1-13(2)5-4-6-14(3)11-18(22)20-17(19(23)24)12-15-7-9-16(21)10-8-15/h5,7-11,17,21H,4,6,12H2,1-3H3,(H,20,22)(H,23,24). The number of benzene rings is 1. The molecule has 1 amide bonds. The highest BCUT2D eigenvalue weighted by Gasteiger charge is 2.19. The van der Waals surface area contributed by atoms with Crippen LogP contribution in [0.5, 0.6) is 5.75 Å². The Morgan fingerprint density at radius 3 is 2.33 bits per heavy atom. The summed E-state index contributed by atoms with van der Waals surface area (Å²) in [5, 5.41) is 21.1. The molecule has 0 aliphatic heterocycles. The van der Waals surface area contributed by atoms with E-state index in [1.807, 2.05) is 20.8 Å². The predicted octanol–water partition coefficient (Wildman–Crippen LogP) is 3.20. The lowest BCUT2D eigenvalue weighted by Gasteiger charge is -2.14. The summed E-state index contributed by atoms with van der Waals surface area (Å²) in [4.78, 5) is 23.3. The molecular weight excluding hydrogens is 306 g/mol.